The first-order valence-electron chi connectivity index (χ1n) is 5.38. The molecule has 5 nitrogen and oxygen atoms in total. The van der Waals surface area contributed by atoms with Crippen molar-refractivity contribution in [2.45, 2.75) is 6.92 Å². The summed E-state index contributed by atoms with van der Waals surface area (Å²) in [5, 5.41) is 0. The Balaban J connectivity index is 2.51. The molecular formula is C12H14N4O. The second-order valence-corrected chi connectivity index (χ2v) is 3.54. The lowest BCUT2D eigenvalue weighted by Crippen LogP contribution is -2.36. The van der Waals surface area contributed by atoms with Gasteiger partial charge in [0.25, 0.3) is 0 Å². The first-order valence-corrected chi connectivity index (χ1v) is 5.38. The van der Waals surface area contributed by atoms with Gasteiger partial charge in [0.15, 0.2) is 0 Å². The van der Waals surface area contributed by atoms with E-state index in [2.05, 4.69) is 4.98 Å². The zero-order valence-electron chi connectivity index (χ0n) is 9.58. The lowest BCUT2D eigenvalue weighted by Gasteiger charge is -2.21. The fourth-order valence-corrected chi connectivity index (χ4v) is 1.76. The van der Waals surface area contributed by atoms with Gasteiger partial charge < -0.3 is 10.3 Å². The molecule has 0 saturated carbocycles. The van der Waals surface area contributed by atoms with Gasteiger partial charge in [-0.3, -0.25) is 4.90 Å². The number of hydrogen-bond donors (Lipinski definition) is 1. The minimum absolute atomic E-state index is 0.458. The number of nitrogens with two attached hydrogens (primary N) is 1. The zero-order valence-corrected chi connectivity index (χ0v) is 9.58. The zero-order chi connectivity index (χ0) is 12.3. The molecule has 88 valence electrons. The number of primary amides is 1. The summed E-state index contributed by atoms with van der Waals surface area (Å²) in [7, 11) is 0. The van der Waals surface area contributed by atoms with E-state index in [1.807, 2.05) is 42.0 Å². The molecule has 0 bridgehead atoms. The minimum Gasteiger partial charge on any atom is -0.351 e. The van der Waals surface area contributed by atoms with E-state index in [0.717, 1.165) is 11.4 Å². The van der Waals surface area contributed by atoms with Crippen LogP contribution in [0, 0.1) is 0 Å². The van der Waals surface area contributed by atoms with E-state index >= 15 is 0 Å². The van der Waals surface area contributed by atoms with E-state index in [1.165, 1.54) is 4.90 Å². The molecule has 0 radical (unpaired) electrons. The summed E-state index contributed by atoms with van der Waals surface area (Å²) in [6.07, 6.45) is 5.21. The molecule has 0 fully saturated rings. The summed E-state index contributed by atoms with van der Waals surface area (Å²) in [4.78, 5) is 16.9. The smallest absolute Gasteiger partial charge is 0.319 e. The third kappa shape index (κ3) is 2.13. The number of imidazole rings is 1. The second-order valence-electron chi connectivity index (χ2n) is 3.54. The van der Waals surface area contributed by atoms with Crippen molar-refractivity contribution < 1.29 is 4.79 Å². The Bertz CT molecular complexity index is 507. The minimum atomic E-state index is -0.458. The van der Waals surface area contributed by atoms with Crippen LogP contribution in [-0.2, 0) is 0 Å². The summed E-state index contributed by atoms with van der Waals surface area (Å²) in [6, 6.07) is 7.11. The average Bonchev–Trinajstić information content (AvgIpc) is 2.83. The van der Waals surface area contributed by atoms with Crippen LogP contribution in [0.4, 0.5) is 10.5 Å². The van der Waals surface area contributed by atoms with Crippen LogP contribution in [0.5, 0.6) is 0 Å². The fourth-order valence-electron chi connectivity index (χ4n) is 1.76. The van der Waals surface area contributed by atoms with Crippen molar-refractivity contribution in [1.29, 1.82) is 0 Å². The highest BCUT2D eigenvalue weighted by Gasteiger charge is 2.14. The molecule has 17 heavy (non-hydrogen) atoms. The van der Waals surface area contributed by atoms with E-state index in [4.69, 9.17) is 5.73 Å². The van der Waals surface area contributed by atoms with Gasteiger partial charge in [0, 0.05) is 18.9 Å². The molecule has 0 aliphatic carbocycles. The van der Waals surface area contributed by atoms with Crippen molar-refractivity contribution in [1.82, 2.24) is 9.55 Å². The summed E-state index contributed by atoms with van der Waals surface area (Å²) in [5.74, 6) is 0. The molecular weight excluding hydrogens is 216 g/mol. The van der Waals surface area contributed by atoms with Gasteiger partial charge in [-0.25, -0.2) is 9.78 Å². The lowest BCUT2D eigenvalue weighted by molar-refractivity contribution is 0.254. The second kappa shape index (κ2) is 4.69. The normalized spacial score (nSPS) is 10.2. The van der Waals surface area contributed by atoms with Gasteiger partial charge in [-0.2, -0.15) is 0 Å². The van der Waals surface area contributed by atoms with Crippen LogP contribution in [0.3, 0.4) is 0 Å². The highest BCUT2D eigenvalue weighted by molar-refractivity contribution is 5.92. The largest absolute Gasteiger partial charge is 0.351 e. The van der Waals surface area contributed by atoms with E-state index in [9.17, 15) is 4.79 Å². The summed E-state index contributed by atoms with van der Waals surface area (Å²) >= 11 is 0. The number of hydrogen-bond acceptors (Lipinski definition) is 2. The Kier molecular flexibility index (Phi) is 3.09. The number of anilines is 1. The van der Waals surface area contributed by atoms with Crippen LogP contribution < -0.4 is 10.6 Å². The Labute approximate surface area is 99.5 Å². The number of nitrogens with zero attached hydrogens (tertiary/aromatic N) is 3. The van der Waals surface area contributed by atoms with Crippen LogP contribution >= 0.6 is 0 Å². The standard InChI is InChI=1S/C12H14N4O/c1-2-16(12(13)17)11-6-4-3-5-10(11)15-8-7-14-9-15/h3-9H,2H2,1H3,(H2,13,17). The van der Waals surface area contributed by atoms with Gasteiger partial charge in [0.05, 0.1) is 17.7 Å². The Morgan fingerprint density at radius 2 is 2.24 bits per heavy atom. The molecule has 1 aromatic carbocycles. The SMILES string of the molecule is CCN(C(N)=O)c1ccccc1-n1ccnc1. The van der Waals surface area contributed by atoms with Gasteiger partial charge in [-0.05, 0) is 19.1 Å². The predicted octanol–water partition coefficient (Wildman–Crippen LogP) is 1.78. The summed E-state index contributed by atoms with van der Waals surface area (Å²) in [5.41, 5.74) is 7.02. The van der Waals surface area contributed by atoms with Crippen molar-refractivity contribution >= 4 is 11.7 Å². The molecule has 5 heteroatoms. The number of urea groups is 1. The molecule has 2 amide bonds. The van der Waals surface area contributed by atoms with Crippen molar-refractivity contribution in [3.8, 4) is 5.69 Å². The maximum Gasteiger partial charge on any atom is 0.319 e. The number of rotatable bonds is 3. The number of carbonyl (C=O) groups excluding carboxylic acids is 1. The molecule has 0 aliphatic rings. The van der Waals surface area contributed by atoms with Gasteiger partial charge >= 0.3 is 6.03 Å². The quantitative estimate of drug-likeness (QED) is 0.873. The molecule has 0 unspecified atom stereocenters. The van der Waals surface area contributed by atoms with Gasteiger partial charge in [0.2, 0.25) is 0 Å². The molecule has 1 aromatic heterocycles. The van der Waals surface area contributed by atoms with E-state index in [-0.39, 0.29) is 0 Å². The van der Waals surface area contributed by atoms with Crippen molar-refractivity contribution in [3.63, 3.8) is 0 Å². The molecule has 2 N–H and O–H groups in total. The van der Waals surface area contributed by atoms with E-state index in [0.29, 0.717) is 6.54 Å². The highest BCUT2D eigenvalue weighted by atomic mass is 16.2. The van der Waals surface area contributed by atoms with Crippen LogP contribution in [-0.4, -0.2) is 22.1 Å². The summed E-state index contributed by atoms with van der Waals surface area (Å²) < 4.78 is 1.85. The lowest BCUT2D eigenvalue weighted by atomic mass is 10.2. The van der Waals surface area contributed by atoms with Crippen molar-refractivity contribution in [3.05, 3.63) is 43.0 Å². The van der Waals surface area contributed by atoms with Crippen LogP contribution in [0.25, 0.3) is 5.69 Å². The molecule has 0 atom stereocenters. The maximum absolute atomic E-state index is 11.4. The number of carbonyl (C=O) groups is 1. The highest BCUT2D eigenvalue weighted by Crippen LogP contribution is 2.23. The van der Waals surface area contributed by atoms with Crippen LogP contribution in [0.1, 0.15) is 6.92 Å². The van der Waals surface area contributed by atoms with Gasteiger partial charge in [0.1, 0.15) is 0 Å². The number of benzene rings is 1. The van der Waals surface area contributed by atoms with E-state index < -0.39 is 6.03 Å². The molecule has 2 rings (SSSR count). The maximum atomic E-state index is 11.4. The first kappa shape index (κ1) is 11.2. The Hall–Kier alpha value is -2.30. The Morgan fingerprint density at radius 1 is 1.47 bits per heavy atom. The molecule has 2 aromatic rings. The third-order valence-electron chi connectivity index (χ3n) is 2.54. The fraction of sp³-hybridized carbons (Fsp3) is 0.167. The van der Waals surface area contributed by atoms with E-state index in [1.54, 1.807) is 12.5 Å². The molecule has 1 heterocycles. The number of aromatic nitrogens is 2. The van der Waals surface area contributed by atoms with Gasteiger partial charge in [-0.15, -0.1) is 0 Å². The molecule has 0 saturated heterocycles. The predicted molar refractivity (Wildman–Crippen MR) is 66.2 cm³/mol. The Morgan fingerprint density at radius 3 is 2.82 bits per heavy atom. The molecule has 0 spiro atoms. The van der Waals surface area contributed by atoms with Crippen molar-refractivity contribution in [2.75, 3.05) is 11.4 Å². The summed E-state index contributed by atoms with van der Waals surface area (Å²) in [6.45, 7) is 2.41. The number of para-hydroxylation sites is 2. The topological polar surface area (TPSA) is 64.2 Å². The van der Waals surface area contributed by atoms with Gasteiger partial charge in [-0.1, -0.05) is 12.1 Å². The van der Waals surface area contributed by atoms with Crippen molar-refractivity contribution in [2.24, 2.45) is 5.73 Å². The first-order chi connectivity index (χ1) is 8.24. The van der Waals surface area contributed by atoms with Crippen LogP contribution in [0.15, 0.2) is 43.0 Å². The average molecular weight is 230 g/mol. The number of amides is 2. The third-order valence-corrected chi connectivity index (χ3v) is 2.54. The molecule has 0 aliphatic heterocycles. The monoisotopic (exact) mass is 230 g/mol. The van der Waals surface area contributed by atoms with Crippen LogP contribution in [0.2, 0.25) is 0 Å².